The quantitative estimate of drug-likeness (QED) is 0.849. The fourth-order valence-electron chi connectivity index (χ4n) is 1.74. The highest BCUT2D eigenvalue weighted by atomic mass is 32.2. The largest absolute Gasteiger partial charge is 0.384 e. The van der Waals surface area contributed by atoms with Crippen molar-refractivity contribution in [1.82, 2.24) is 4.98 Å². The molecule has 0 aliphatic carbocycles. The average Bonchev–Trinajstić information content (AvgIpc) is 2.37. The van der Waals surface area contributed by atoms with Gasteiger partial charge in [-0.2, -0.15) is 0 Å². The van der Waals surface area contributed by atoms with Crippen molar-refractivity contribution in [3.8, 4) is 0 Å². The van der Waals surface area contributed by atoms with Gasteiger partial charge in [-0.25, -0.2) is 4.98 Å². The van der Waals surface area contributed by atoms with E-state index in [0.717, 1.165) is 10.6 Å². The fraction of sp³-hybridized carbons (Fsp3) is 0.312. The van der Waals surface area contributed by atoms with Gasteiger partial charge in [-0.1, -0.05) is 45.0 Å². The maximum atomic E-state index is 5.57. The van der Waals surface area contributed by atoms with E-state index in [1.165, 1.54) is 11.1 Å². The summed E-state index contributed by atoms with van der Waals surface area (Å²) in [5, 5.41) is 0. The third-order valence-corrected chi connectivity index (χ3v) is 4.04. The Balaban J connectivity index is 1.98. The van der Waals surface area contributed by atoms with Gasteiger partial charge in [0.2, 0.25) is 0 Å². The maximum absolute atomic E-state index is 5.57. The number of nitrogens with two attached hydrogens (primary N) is 1. The van der Waals surface area contributed by atoms with Crippen LogP contribution in [0.25, 0.3) is 0 Å². The normalized spacial score (nSPS) is 11.5. The summed E-state index contributed by atoms with van der Waals surface area (Å²) >= 11 is 1.78. The van der Waals surface area contributed by atoms with Crippen molar-refractivity contribution in [2.24, 2.45) is 0 Å². The number of thioether (sulfide) groups is 1. The van der Waals surface area contributed by atoms with E-state index < -0.39 is 0 Å². The summed E-state index contributed by atoms with van der Waals surface area (Å²) in [6.45, 7) is 6.70. The van der Waals surface area contributed by atoms with E-state index in [2.05, 4.69) is 50.0 Å². The Kier molecular flexibility index (Phi) is 4.15. The molecule has 19 heavy (non-hydrogen) atoms. The van der Waals surface area contributed by atoms with E-state index in [-0.39, 0.29) is 5.41 Å². The molecule has 0 saturated heterocycles. The molecule has 2 N–H and O–H groups in total. The minimum atomic E-state index is 0.215. The molecule has 0 bridgehead atoms. The molecular weight excluding hydrogens is 252 g/mol. The Hall–Kier alpha value is -1.48. The first-order valence-electron chi connectivity index (χ1n) is 6.39. The number of pyridine rings is 1. The van der Waals surface area contributed by atoms with Gasteiger partial charge in [-0.3, -0.25) is 0 Å². The van der Waals surface area contributed by atoms with Crippen molar-refractivity contribution in [3.05, 3.63) is 53.7 Å². The minimum absolute atomic E-state index is 0.215. The number of aromatic nitrogens is 1. The predicted molar refractivity (Wildman–Crippen MR) is 83.4 cm³/mol. The number of rotatable bonds is 3. The number of benzene rings is 1. The van der Waals surface area contributed by atoms with Crippen molar-refractivity contribution < 1.29 is 0 Å². The second-order valence-electron chi connectivity index (χ2n) is 5.65. The van der Waals surface area contributed by atoms with Crippen LogP contribution in [0, 0.1) is 0 Å². The molecule has 0 saturated carbocycles. The van der Waals surface area contributed by atoms with Crippen molar-refractivity contribution in [1.29, 1.82) is 0 Å². The Labute approximate surface area is 119 Å². The van der Waals surface area contributed by atoms with Crippen LogP contribution in [0.5, 0.6) is 0 Å². The molecular formula is C16H20N2S. The predicted octanol–water partition coefficient (Wildman–Crippen LogP) is 4.25. The molecule has 3 heteroatoms. The van der Waals surface area contributed by atoms with E-state index in [4.69, 9.17) is 5.73 Å². The number of anilines is 1. The van der Waals surface area contributed by atoms with Crippen LogP contribution < -0.4 is 5.73 Å². The zero-order valence-electron chi connectivity index (χ0n) is 11.7. The molecule has 0 radical (unpaired) electrons. The third-order valence-electron chi connectivity index (χ3n) is 2.98. The van der Waals surface area contributed by atoms with E-state index in [9.17, 15) is 0 Å². The molecule has 0 fully saturated rings. The Bertz CT molecular complexity index is 524. The highest BCUT2D eigenvalue weighted by Crippen LogP contribution is 2.25. The van der Waals surface area contributed by atoms with Crippen molar-refractivity contribution in [2.45, 2.75) is 36.8 Å². The average molecular weight is 272 g/mol. The zero-order chi connectivity index (χ0) is 13.9. The summed E-state index contributed by atoms with van der Waals surface area (Å²) < 4.78 is 0. The van der Waals surface area contributed by atoms with Crippen LogP contribution in [-0.2, 0) is 11.2 Å². The van der Waals surface area contributed by atoms with Crippen molar-refractivity contribution in [3.63, 3.8) is 0 Å². The second kappa shape index (κ2) is 5.66. The van der Waals surface area contributed by atoms with Gasteiger partial charge in [-0.15, -0.1) is 11.8 Å². The lowest BCUT2D eigenvalue weighted by Gasteiger charge is -2.19. The fourth-order valence-corrected chi connectivity index (χ4v) is 2.56. The van der Waals surface area contributed by atoms with Gasteiger partial charge in [0.1, 0.15) is 5.82 Å². The molecule has 0 unspecified atom stereocenters. The lowest BCUT2D eigenvalue weighted by Crippen LogP contribution is -2.10. The van der Waals surface area contributed by atoms with Crippen molar-refractivity contribution >= 4 is 17.6 Å². The van der Waals surface area contributed by atoms with Gasteiger partial charge in [0.15, 0.2) is 0 Å². The molecule has 2 nitrogen and oxygen atoms in total. The molecule has 2 aromatic rings. The Morgan fingerprint density at radius 2 is 1.74 bits per heavy atom. The molecule has 0 spiro atoms. The maximum Gasteiger partial charge on any atom is 0.123 e. The van der Waals surface area contributed by atoms with E-state index in [1.54, 1.807) is 11.8 Å². The lowest BCUT2D eigenvalue weighted by atomic mass is 9.87. The lowest BCUT2D eigenvalue weighted by molar-refractivity contribution is 0.590. The number of hydrogen-bond acceptors (Lipinski definition) is 3. The standard InChI is InChI=1S/C16H20N2S/c1-16(2,3)13-6-4-12(5-7-13)11-19-14-8-9-15(17)18-10-14/h4-10H,11H2,1-3H3,(H2,17,18). The van der Waals surface area contributed by atoms with Crippen LogP contribution in [0.15, 0.2) is 47.5 Å². The summed E-state index contributed by atoms with van der Waals surface area (Å²) in [7, 11) is 0. The van der Waals surface area contributed by atoms with Gasteiger partial charge in [0.25, 0.3) is 0 Å². The molecule has 100 valence electrons. The summed E-state index contributed by atoms with van der Waals surface area (Å²) in [5.41, 5.74) is 8.49. The summed E-state index contributed by atoms with van der Waals surface area (Å²) in [4.78, 5) is 5.24. The zero-order valence-corrected chi connectivity index (χ0v) is 12.5. The van der Waals surface area contributed by atoms with Gasteiger partial charge >= 0.3 is 0 Å². The van der Waals surface area contributed by atoms with Gasteiger partial charge in [0.05, 0.1) is 0 Å². The summed E-state index contributed by atoms with van der Waals surface area (Å²) in [5.74, 6) is 1.52. The Morgan fingerprint density at radius 1 is 1.05 bits per heavy atom. The van der Waals surface area contributed by atoms with E-state index in [0.29, 0.717) is 5.82 Å². The monoisotopic (exact) mass is 272 g/mol. The molecule has 1 heterocycles. The smallest absolute Gasteiger partial charge is 0.123 e. The molecule has 1 aromatic carbocycles. The van der Waals surface area contributed by atoms with Gasteiger partial charge < -0.3 is 5.73 Å². The van der Waals surface area contributed by atoms with Crippen LogP contribution in [-0.4, -0.2) is 4.98 Å². The molecule has 2 rings (SSSR count). The topological polar surface area (TPSA) is 38.9 Å². The van der Waals surface area contributed by atoms with Gasteiger partial charge in [-0.05, 0) is 28.7 Å². The summed E-state index contributed by atoms with van der Waals surface area (Å²) in [6, 6.07) is 12.7. The first kappa shape index (κ1) is 13.9. The third kappa shape index (κ3) is 4.00. The molecule has 0 atom stereocenters. The van der Waals surface area contributed by atoms with Crippen LogP contribution >= 0.6 is 11.8 Å². The first-order chi connectivity index (χ1) is 8.95. The molecule has 0 amide bonds. The second-order valence-corrected chi connectivity index (χ2v) is 6.70. The number of nitrogens with zero attached hydrogens (tertiary/aromatic N) is 1. The van der Waals surface area contributed by atoms with Gasteiger partial charge in [0, 0.05) is 16.8 Å². The summed E-state index contributed by atoms with van der Waals surface area (Å²) in [6.07, 6.45) is 1.82. The Morgan fingerprint density at radius 3 is 2.26 bits per heavy atom. The molecule has 0 aliphatic heterocycles. The highest BCUT2D eigenvalue weighted by Gasteiger charge is 2.12. The SMILES string of the molecule is CC(C)(C)c1ccc(CSc2ccc(N)nc2)cc1. The molecule has 0 aliphatic rings. The number of hydrogen-bond donors (Lipinski definition) is 1. The van der Waals surface area contributed by atoms with Crippen molar-refractivity contribution in [2.75, 3.05) is 5.73 Å². The van der Waals surface area contributed by atoms with E-state index >= 15 is 0 Å². The minimum Gasteiger partial charge on any atom is -0.384 e. The van der Waals surface area contributed by atoms with Crippen LogP contribution in [0.4, 0.5) is 5.82 Å². The van der Waals surface area contributed by atoms with E-state index in [1.807, 2.05) is 18.3 Å². The molecule has 1 aromatic heterocycles. The van der Waals surface area contributed by atoms with Crippen LogP contribution in [0.2, 0.25) is 0 Å². The first-order valence-corrected chi connectivity index (χ1v) is 7.37. The van der Waals surface area contributed by atoms with Crippen LogP contribution in [0.1, 0.15) is 31.9 Å². The highest BCUT2D eigenvalue weighted by molar-refractivity contribution is 7.98. The van der Waals surface area contributed by atoms with Crippen LogP contribution in [0.3, 0.4) is 0 Å². The number of nitrogen functional groups attached to an aromatic ring is 1.